The average Bonchev–Trinajstić information content (AvgIpc) is 2.89. The van der Waals surface area contributed by atoms with Crippen LogP contribution in [-0.2, 0) is 0 Å². The van der Waals surface area contributed by atoms with E-state index in [-0.39, 0.29) is 0 Å². The highest BCUT2D eigenvalue weighted by atomic mass is 79.9. The molecule has 4 heteroatoms. The molecule has 94 valence electrons. The number of aromatic nitrogens is 3. The zero-order valence-corrected chi connectivity index (χ0v) is 12.0. The van der Waals surface area contributed by atoms with E-state index in [2.05, 4.69) is 39.0 Å². The molecule has 0 N–H and O–H groups in total. The van der Waals surface area contributed by atoms with Crippen LogP contribution in [0.1, 0.15) is 5.56 Å². The van der Waals surface area contributed by atoms with E-state index in [1.807, 2.05) is 47.1 Å². The molecule has 0 aliphatic heterocycles. The topological polar surface area (TPSA) is 30.7 Å². The van der Waals surface area contributed by atoms with Crippen LogP contribution in [-0.4, -0.2) is 14.8 Å². The molecule has 0 radical (unpaired) electrons. The Bertz CT molecular complexity index is 701. The first kappa shape index (κ1) is 12.1. The van der Waals surface area contributed by atoms with E-state index in [0.29, 0.717) is 0 Å². The van der Waals surface area contributed by atoms with Gasteiger partial charge in [-0.1, -0.05) is 46.3 Å². The van der Waals surface area contributed by atoms with Gasteiger partial charge in [0.05, 0.1) is 5.69 Å². The lowest BCUT2D eigenvalue weighted by atomic mass is 10.2. The zero-order chi connectivity index (χ0) is 13.2. The highest BCUT2D eigenvalue weighted by molar-refractivity contribution is 9.10. The molecule has 1 heterocycles. The second kappa shape index (κ2) is 4.97. The molecule has 0 aliphatic carbocycles. The number of rotatable bonds is 2. The quantitative estimate of drug-likeness (QED) is 0.715. The molecule has 0 saturated carbocycles. The van der Waals surface area contributed by atoms with Crippen molar-refractivity contribution >= 4 is 15.9 Å². The smallest absolute Gasteiger partial charge is 0.163 e. The number of benzene rings is 2. The van der Waals surface area contributed by atoms with Crippen molar-refractivity contribution in [3.05, 3.63) is 64.9 Å². The molecule has 3 rings (SSSR count). The molecule has 0 unspecified atom stereocenters. The minimum atomic E-state index is 0.849. The fraction of sp³-hybridized carbons (Fsp3) is 0.0667. The molecule has 0 spiro atoms. The first-order valence-electron chi connectivity index (χ1n) is 5.97. The lowest BCUT2D eigenvalue weighted by molar-refractivity contribution is 0.879. The predicted octanol–water partition coefficient (Wildman–Crippen LogP) is 4.01. The minimum Gasteiger partial charge on any atom is -0.215 e. The standard InChI is InChI=1S/C15H12BrN3/c1-11-4-2-3-5-14(11)19-15(17-10-18-19)12-6-8-13(16)9-7-12/h2-10H,1H3. The third kappa shape index (κ3) is 2.31. The van der Waals surface area contributed by atoms with Crippen molar-refractivity contribution in [2.45, 2.75) is 6.92 Å². The van der Waals surface area contributed by atoms with Crippen LogP contribution in [0.15, 0.2) is 59.3 Å². The first-order valence-corrected chi connectivity index (χ1v) is 6.77. The maximum Gasteiger partial charge on any atom is 0.163 e. The van der Waals surface area contributed by atoms with E-state index >= 15 is 0 Å². The summed E-state index contributed by atoms with van der Waals surface area (Å²) in [6.07, 6.45) is 1.59. The van der Waals surface area contributed by atoms with Crippen molar-refractivity contribution in [3.8, 4) is 17.1 Å². The highest BCUT2D eigenvalue weighted by Crippen LogP contribution is 2.23. The number of halogens is 1. The molecule has 3 nitrogen and oxygen atoms in total. The fourth-order valence-electron chi connectivity index (χ4n) is 2.01. The van der Waals surface area contributed by atoms with Crippen molar-refractivity contribution in [3.63, 3.8) is 0 Å². The number of nitrogens with zero attached hydrogens (tertiary/aromatic N) is 3. The van der Waals surface area contributed by atoms with Gasteiger partial charge >= 0.3 is 0 Å². The summed E-state index contributed by atoms with van der Waals surface area (Å²) in [5.74, 6) is 0.849. The molecule has 0 atom stereocenters. The summed E-state index contributed by atoms with van der Waals surface area (Å²) >= 11 is 3.44. The maximum absolute atomic E-state index is 4.37. The molecule has 2 aromatic carbocycles. The molecule has 0 fully saturated rings. The Balaban J connectivity index is 2.13. The van der Waals surface area contributed by atoms with Crippen molar-refractivity contribution in [2.75, 3.05) is 0 Å². The summed E-state index contributed by atoms with van der Waals surface area (Å²) in [4.78, 5) is 4.37. The van der Waals surface area contributed by atoms with Gasteiger partial charge in [0.25, 0.3) is 0 Å². The molecular weight excluding hydrogens is 302 g/mol. The molecule has 0 saturated heterocycles. The predicted molar refractivity (Wildman–Crippen MR) is 79.2 cm³/mol. The normalized spacial score (nSPS) is 10.6. The minimum absolute atomic E-state index is 0.849. The van der Waals surface area contributed by atoms with Crippen molar-refractivity contribution < 1.29 is 0 Å². The Morgan fingerprint density at radius 2 is 1.74 bits per heavy atom. The Morgan fingerprint density at radius 1 is 1.00 bits per heavy atom. The number of aryl methyl sites for hydroxylation is 1. The van der Waals surface area contributed by atoms with Gasteiger partial charge in [-0.2, -0.15) is 5.10 Å². The molecule has 0 amide bonds. The van der Waals surface area contributed by atoms with Crippen LogP contribution in [0.2, 0.25) is 0 Å². The molecule has 1 aromatic heterocycles. The van der Waals surface area contributed by atoms with Crippen LogP contribution in [0.4, 0.5) is 0 Å². The Hall–Kier alpha value is -1.94. The van der Waals surface area contributed by atoms with Crippen LogP contribution in [0, 0.1) is 6.92 Å². The van der Waals surface area contributed by atoms with Crippen molar-refractivity contribution in [1.82, 2.24) is 14.8 Å². The van der Waals surface area contributed by atoms with Gasteiger partial charge in [0.2, 0.25) is 0 Å². The van der Waals surface area contributed by atoms with Crippen LogP contribution >= 0.6 is 15.9 Å². The number of hydrogen-bond donors (Lipinski definition) is 0. The number of para-hydroxylation sites is 1. The summed E-state index contributed by atoms with van der Waals surface area (Å²) in [5, 5.41) is 4.34. The van der Waals surface area contributed by atoms with E-state index < -0.39 is 0 Å². The fourth-order valence-corrected chi connectivity index (χ4v) is 2.28. The lowest BCUT2D eigenvalue weighted by Gasteiger charge is -2.08. The van der Waals surface area contributed by atoms with E-state index in [4.69, 9.17) is 0 Å². The first-order chi connectivity index (χ1) is 9.25. The van der Waals surface area contributed by atoms with Crippen molar-refractivity contribution in [2.24, 2.45) is 0 Å². The van der Waals surface area contributed by atoms with E-state index in [1.54, 1.807) is 6.33 Å². The molecule has 3 aromatic rings. The van der Waals surface area contributed by atoms with Crippen molar-refractivity contribution in [1.29, 1.82) is 0 Å². The third-order valence-corrected chi connectivity index (χ3v) is 3.52. The van der Waals surface area contributed by atoms with Gasteiger partial charge in [0.1, 0.15) is 6.33 Å². The van der Waals surface area contributed by atoms with Gasteiger partial charge in [-0.15, -0.1) is 0 Å². The van der Waals surface area contributed by atoms with Crippen LogP contribution in [0.3, 0.4) is 0 Å². The summed E-state index contributed by atoms with van der Waals surface area (Å²) in [5.41, 5.74) is 3.27. The maximum atomic E-state index is 4.37. The zero-order valence-electron chi connectivity index (χ0n) is 10.4. The Morgan fingerprint density at radius 3 is 2.47 bits per heavy atom. The highest BCUT2D eigenvalue weighted by Gasteiger charge is 2.10. The lowest BCUT2D eigenvalue weighted by Crippen LogP contribution is -2.01. The summed E-state index contributed by atoms with van der Waals surface area (Å²) in [6, 6.07) is 16.2. The summed E-state index contributed by atoms with van der Waals surface area (Å²) in [6.45, 7) is 2.07. The van der Waals surface area contributed by atoms with Crippen LogP contribution in [0.5, 0.6) is 0 Å². The second-order valence-electron chi connectivity index (χ2n) is 4.29. The van der Waals surface area contributed by atoms with E-state index in [0.717, 1.165) is 21.5 Å². The van der Waals surface area contributed by atoms with E-state index in [9.17, 15) is 0 Å². The Kier molecular flexibility index (Phi) is 3.17. The van der Waals surface area contributed by atoms with Gasteiger partial charge in [-0.3, -0.25) is 0 Å². The van der Waals surface area contributed by atoms with Gasteiger partial charge in [0, 0.05) is 10.0 Å². The van der Waals surface area contributed by atoms with Crippen LogP contribution in [0.25, 0.3) is 17.1 Å². The SMILES string of the molecule is Cc1ccccc1-n1ncnc1-c1ccc(Br)cc1. The summed E-state index contributed by atoms with van der Waals surface area (Å²) < 4.78 is 2.93. The van der Waals surface area contributed by atoms with Gasteiger partial charge in [0.15, 0.2) is 5.82 Å². The van der Waals surface area contributed by atoms with E-state index in [1.165, 1.54) is 5.56 Å². The van der Waals surface area contributed by atoms with Gasteiger partial charge in [-0.05, 0) is 30.7 Å². The Labute approximate surface area is 120 Å². The summed E-state index contributed by atoms with van der Waals surface area (Å²) in [7, 11) is 0. The largest absolute Gasteiger partial charge is 0.215 e. The number of hydrogen-bond acceptors (Lipinski definition) is 2. The third-order valence-electron chi connectivity index (χ3n) is 2.99. The van der Waals surface area contributed by atoms with Gasteiger partial charge < -0.3 is 0 Å². The van der Waals surface area contributed by atoms with Gasteiger partial charge in [-0.25, -0.2) is 9.67 Å². The van der Waals surface area contributed by atoms with Crippen LogP contribution < -0.4 is 0 Å². The molecule has 19 heavy (non-hydrogen) atoms. The monoisotopic (exact) mass is 313 g/mol. The molecule has 0 aliphatic rings. The average molecular weight is 314 g/mol. The second-order valence-corrected chi connectivity index (χ2v) is 5.20. The molecular formula is C15H12BrN3. The molecule has 0 bridgehead atoms.